The number of halogens is 1. The molecule has 0 fully saturated rings. The van der Waals surface area contributed by atoms with Gasteiger partial charge >= 0.3 is 0 Å². The average molecular weight is 499 g/mol. The standard InChI is InChI=1S/C24H27BrN4OS/c1-5-6-13-31-23-27-22-20(28-29-23)18-14-17(25)11-12-19(18)26-21(30-22)15-7-9-16(10-8-15)24(2,3)4/h7-12,14,21,26H,5-6,13H2,1-4H3. The number of hydrogen-bond donors (Lipinski definition) is 1. The van der Waals surface area contributed by atoms with E-state index < -0.39 is 0 Å². The fourth-order valence-electron chi connectivity index (χ4n) is 3.35. The summed E-state index contributed by atoms with van der Waals surface area (Å²) in [7, 11) is 0. The molecule has 0 saturated carbocycles. The first-order chi connectivity index (χ1) is 14.8. The molecule has 162 valence electrons. The number of rotatable bonds is 5. The molecule has 2 heterocycles. The van der Waals surface area contributed by atoms with Crippen molar-refractivity contribution in [2.45, 2.75) is 57.3 Å². The molecule has 1 unspecified atom stereocenters. The Bertz CT molecular complexity index is 1070. The number of aromatic nitrogens is 3. The molecule has 0 saturated heterocycles. The Morgan fingerprint density at radius 2 is 1.87 bits per heavy atom. The fraction of sp³-hybridized carbons (Fsp3) is 0.375. The Morgan fingerprint density at radius 1 is 1.10 bits per heavy atom. The lowest BCUT2D eigenvalue weighted by molar-refractivity contribution is 0.225. The maximum atomic E-state index is 6.38. The number of thioether (sulfide) groups is 1. The van der Waals surface area contributed by atoms with Crippen LogP contribution in [0.2, 0.25) is 0 Å². The Kier molecular flexibility index (Phi) is 6.53. The highest BCUT2D eigenvalue weighted by molar-refractivity contribution is 9.10. The third-order valence-electron chi connectivity index (χ3n) is 5.20. The van der Waals surface area contributed by atoms with E-state index in [4.69, 9.17) is 9.72 Å². The third-order valence-corrected chi connectivity index (χ3v) is 6.61. The van der Waals surface area contributed by atoms with E-state index in [1.807, 2.05) is 18.2 Å². The normalized spacial score (nSPS) is 15.3. The van der Waals surface area contributed by atoms with Crippen molar-refractivity contribution in [1.29, 1.82) is 0 Å². The van der Waals surface area contributed by atoms with Gasteiger partial charge in [0.15, 0.2) is 11.9 Å². The Morgan fingerprint density at radius 3 is 2.58 bits per heavy atom. The second-order valence-electron chi connectivity index (χ2n) is 8.65. The van der Waals surface area contributed by atoms with Crippen molar-refractivity contribution < 1.29 is 4.74 Å². The number of unbranched alkanes of at least 4 members (excludes halogenated alkanes) is 1. The van der Waals surface area contributed by atoms with Gasteiger partial charge in [0.25, 0.3) is 0 Å². The molecule has 1 N–H and O–H groups in total. The molecular formula is C24H27BrN4OS. The molecule has 1 aliphatic rings. The van der Waals surface area contributed by atoms with Gasteiger partial charge in [-0.3, -0.25) is 0 Å². The van der Waals surface area contributed by atoms with Gasteiger partial charge in [-0.15, -0.1) is 10.2 Å². The first-order valence-electron chi connectivity index (χ1n) is 10.6. The van der Waals surface area contributed by atoms with Crippen molar-refractivity contribution in [2.24, 2.45) is 0 Å². The molecule has 2 aromatic carbocycles. The highest BCUT2D eigenvalue weighted by atomic mass is 79.9. The summed E-state index contributed by atoms with van der Waals surface area (Å²) in [6.07, 6.45) is 1.88. The lowest BCUT2D eigenvalue weighted by Gasteiger charge is -2.22. The number of ether oxygens (including phenoxy) is 1. The molecule has 0 amide bonds. The Balaban J connectivity index is 1.72. The van der Waals surface area contributed by atoms with Crippen LogP contribution < -0.4 is 10.1 Å². The molecule has 0 bridgehead atoms. The summed E-state index contributed by atoms with van der Waals surface area (Å²) >= 11 is 5.19. The third kappa shape index (κ3) is 5.04. The molecule has 7 heteroatoms. The second kappa shape index (κ2) is 9.17. The molecule has 0 aliphatic carbocycles. The number of nitrogens with one attached hydrogen (secondary N) is 1. The zero-order valence-corrected chi connectivity index (χ0v) is 20.7. The maximum absolute atomic E-state index is 6.38. The van der Waals surface area contributed by atoms with Gasteiger partial charge in [0.05, 0.1) is 0 Å². The SMILES string of the molecule is CCCCSc1nnc2c(n1)OC(c1ccc(C(C)(C)C)cc1)Nc1ccc(Br)cc1-2. The van der Waals surface area contributed by atoms with E-state index >= 15 is 0 Å². The molecule has 1 atom stereocenters. The van der Waals surface area contributed by atoms with Gasteiger partial charge in [-0.05, 0) is 35.6 Å². The van der Waals surface area contributed by atoms with Gasteiger partial charge in [-0.25, -0.2) is 0 Å². The zero-order chi connectivity index (χ0) is 22.0. The van der Waals surface area contributed by atoms with Crippen molar-refractivity contribution >= 4 is 33.4 Å². The average Bonchev–Trinajstić information content (AvgIpc) is 2.90. The molecule has 0 radical (unpaired) electrons. The van der Waals surface area contributed by atoms with Crippen LogP contribution in [0.1, 0.15) is 57.9 Å². The van der Waals surface area contributed by atoms with Crippen LogP contribution in [0, 0.1) is 0 Å². The van der Waals surface area contributed by atoms with Crippen molar-refractivity contribution in [3.8, 4) is 17.1 Å². The minimum atomic E-state index is -0.375. The van der Waals surface area contributed by atoms with Gasteiger partial charge < -0.3 is 10.1 Å². The van der Waals surface area contributed by atoms with E-state index in [2.05, 4.69) is 83.4 Å². The maximum Gasteiger partial charge on any atom is 0.247 e. The number of hydrogen-bond acceptors (Lipinski definition) is 6. The number of nitrogens with zero attached hydrogens (tertiary/aromatic N) is 3. The Hall–Kier alpha value is -2.12. The summed E-state index contributed by atoms with van der Waals surface area (Å²) in [4.78, 5) is 4.72. The van der Waals surface area contributed by atoms with Crippen LogP contribution in [0.15, 0.2) is 52.1 Å². The number of benzene rings is 2. The number of anilines is 1. The van der Waals surface area contributed by atoms with Crippen LogP contribution in [0.25, 0.3) is 11.3 Å². The first kappa shape index (κ1) is 22.1. The highest BCUT2D eigenvalue weighted by Gasteiger charge is 2.27. The minimum absolute atomic E-state index is 0.101. The van der Waals surface area contributed by atoms with E-state index in [0.29, 0.717) is 16.7 Å². The summed E-state index contributed by atoms with van der Waals surface area (Å²) < 4.78 is 7.35. The van der Waals surface area contributed by atoms with Gasteiger partial charge in [0, 0.05) is 27.0 Å². The molecule has 1 aliphatic heterocycles. The lowest BCUT2D eigenvalue weighted by Crippen LogP contribution is -2.18. The van der Waals surface area contributed by atoms with Crippen LogP contribution in [-0.4, -0.2) is 20.9 Å². The van der Waals surface area contributed by atoms with Gasteiger partial charge in [-0.1, -0.05) is 86.1 Å². The van der Waals surface area contributed by atoms with E-state index in [0.717, 1.165) is 39.9 Å². The van der Waals surface area contributed by atoms with Crippen LogP contribution in [0.5, 0.6) is 5.88 Å². The summed E-state index contributed by atoms with van der Waals surface area (Å²) in [6, 6.07) is 14.6. The van der Waals surface area contributed by atoms with Crippen molar-refractivity contribution in [3.05, 3.63) is 58.1 Å². The topological polar surface area (TPSA) is 59.9 Å². The van der Waals surface area contributed by atoms with E-state index in [9.17, 15) is 0 Å². The smallest absolute Gasteiger partial charge is 0.247 e. The fourth-order valence-corrected chi connectivity index (χ4v) is 4.57. The summed E-state index contributed by atoms with van der Waals surface area (Å²) in [5.41, 5.74) is 4.93. The highest BCUT2D eigenvalue weighted by Crippen LogP contribution is 2.41. The monoisotopic (exact) mass is 498 g/mol. The number of fused-ring (bicyclic) bond motifs is 3. The van der Waals surface area contributed by atoms with Crippen molar-refractivity contribution in [3.63, 3.8) is 0 Å². The predicted molar refractivity (Wildman–Crippen MR) is 131 cm³/mol. The molecule has 3 aromatic rings. The van der Waals surface area contributed by atoms with E-state index in [1.54, 1.807) is 11.8 Å². The quantitative estimate of drug-likeness (QED) is 0.302. The minimum Gasteiger partial charge on any atom is -0.448 e. The molecular weight excluding hydrogens is 472 g/mol. The van der Waals surface area contributed by atoms with Crippen molar-refractivity contribution in [2.75, 3.05) is 11.1 Å². The summed E-state index contributed by atoms with van der Waals surface area (Å²) in [6.45, 7) is 8.82. The largest absolute Gasteiger partial charge is 0.448 e. The van der Waals surface area contributed by atoms with Crippen LogP contribution in [-0.2, 0) is 5.41 Å². The molecule has 0 spiro atoms. The molecule has 4 rings (SSSR count). The van der Waals surface area contributed by atoms with Crippen LogP contribution in [0.3, 0.4) is 0 Å². The van der Waals surface area contributed by atoms with Crippen molar-refractivity contribution in [1.82, 2.24) is 15.2 Å². The van der Waals surface area contributed by atoms with E-state index in [1.165, 1.54) is 5.56 Å². The Labute approximate surface area is 196 Å². The zero-order valence-electron chi connectivity index (χ0n) is 18.3. The lowest BCUT2D eigenvalue weighted by atomic mass is 9.86. The van der Waals surface area contributed by atoms with E-state index in [-0.39, 0.29) is 11.6 Å². The van der Waals surface area contributed by atoms with Gasteiger partial charge in [0.2, 0.25) is 11.0 Å². The van der Waals surface area contributed by atoms with Crippen LogP contribution >= 0.6 is 27.7 Å². The van der Waals surface area contributed by atoms with Crippen LogP contribution in [0.4, 0.5) is 5.69 Å². The summed E-state index contributed by atoms with van der Waals surface area (Å²) in [5.74, 6) is 1.47. The van der Waals surface area contributed by atoms with Gasteiger partial charge in [0.1, 0.15) is 0 Å². The predicted octanol–water partition coefficient (Wildman–Crippen LogP) is 6.99. The molecule has 1 aromatic heterocycles. The summed E-state index contributed by atoms with van der Waals surface area (Å²) in [5, 5.41) is 13.0. The first-order valence-corrected chi connectivity index (χ1v) is 12.3. The van der Waals surface area contributed by atoms with Gasteiger partial charge in [-0.2, -0.15) is 4.98 Å². The second-order valence-corrected chi connectivity index (χ2v) is 10.6. The molecule has 31 heavy (non-hydrogen) atoms. The molecule has 5 nitrogen and oxygen atoms in total.